The number of hydrogen-bond acceptors (Lipinski definition) is 4. The molecule has 0 saturated heterocycles. The van der Waals surface area contributed by atoms with Crippen molar-refractivity contribution in [1.82, 2.24) is 4.31 Å². The number of hydrogen-bond donors (Lipinski definition) is 2. The zero-order chi connectivity index (χ0) is 15.5. The predicted octanol–water partition coefficient (Wildman–Crippen LogP) is 1.67. The van der Waals surface area contributed by atoms with Crippen LogP contribution in [0.3, 0.4) is 0 Å². The average molecular weight is 313 g/mol. The molecule has 1 aromatic carbocycles. The van der Waals surface area contributed by atoms with Crippen molar-refractivity contribution < 1.29 is 18.6 Å². The third-order valence-corrected chi connectivity index (χ3v) is 5.91. The van der Waals surface area contributed by atoms with Crippen molar-refractivity contribution in [1.29, 1.82) is 0 Å². The minimum Gasteiger partial charge on any atom is -0.396 e. The van der Waals surface area contributed by atoms with Crippen LogP contribution in [0.4, 0.5) is 0 Å². The van der Waals surface area contributed by atoms with Crippen molar-refractivity contribution in [3.05, 3.63) is 29.8 Å². The first-order valence-electron chi connectivity index (χ1n) is 7.37. The maximum atomic E-state index is 12.8. The van der Waals surface area contributed by atoms with Gasteiger partial charge in [-0.1, -0.05) is 18.6 Å². The van der Waals surface area contributed by atoms with E-state index in [2.05, 4.69) is 0 Å². The van der Waals surface area contributed by atoms with Gasteiger partial charge < -0.3 is 10.2 Å². The second-order valence-electron chi connectivity index (χ2n) is 5.53. The first kappa shape index (κ1) is 16.4. The van der Waals surface area contributed by atoms with Gasteiger partial charge in [-0.2, -0.15) is 4.31 Å². The van der Waals surface area contributed by atoms with Crippen LogP contribution in [0.25, 0.3) is 0 Å². The Hall–Kier alpha value is -0.950. The lowest BCUT2D eigenvalue weighted by Crippen LogP contribution is -2.44. The van der Waals surface area contributed by atoms with Crippen molar-refractivity contribution in [2.24, 2.45) is 0 Å². The van der Waals surface area contributed by atoms with Crippen molar-refractivity contribution in [2.75, 3.05) is 13.2 Å². The molecule has 1 aliphatic carbocycles. The molecule has 6 heteroatoms. The van der Waals surface area contributed by atoms with Gasteiger partial charge in [0.05, 0.1) is 11.0 Å². The summed E-state index contributed by atoms with van der Waals surface area (Å²) in [5.41, 5.74) is 0.590. The van der Waals surface area contributed by atoms with Crippen LogP contribution in [-0.4, -0.2) is 42.1 Å². The fourth-order valence-corrected chi connectivity index (χ4v) is 4.25. The maximum absolute atomic E-state index is 12.8. The van der Waals surface area contributed by atoms with Crippen LogP contribution < -0.4 is 0 Å². The molecule has 0 radical (unpaired) electrons. The molecule has 1 atom stereocenters. The first-order chi connectivity index (χ1) is 9.96. The summed E-state index contributed by atoms with van der Waals surface area (Å²) in [5.74, 6) is 0. The topological polar surface area (TPSA) is 77.8 Å². The van der Waals surface area contributed by atoms with Gasteiger partial charge in [-0.25, -0.2) is 8.42 Å². The van der Waals surface area contributed by atoms with E-state index < -0.39 is 16.1 Å². The molecule has 1 aliphatic rings. The molecule has 21 heavy (non-hydrogen) atoms. The zero-order valence-electron chi connectivity index (χ0n) is 12.3. The molecule has 0 heterocycles. The van der Waals surface area contributed by atoms with Crippen molar-refractivity contribution in [3.63, 3.8) is 0 Å². The highest BCUT2D eigenvalue weighted by atomic mass is 32.2. The minimum absolute atomic E-state index is 0.0214. The molecule has 1 saturated carbocycles. The number of nitrogens with zero attached hydrogens (tertiary/aromatic N) is 1. The highest BCUT2D eigenvalue weighted by molar-refractivity contribution is 7.89. The van der Waals surface area contributed by atoms with Crippen molar-refractivity contribution in [2.45, 2.75) is 49.6 Å². The molecule has 1 fully saturated rings. The molecule has 0 spiro atoms. The zero-order valence-corrected chi connectivity index (χ0v) is 13.1. The second-order valence-corrected chi connectivity index (χ2v) is 7.42. The van der Waals surface area contributed by atoms with Gasteiger partial charge in [0.25, 0.3) is 0 Å². The van der Waals surface area contributed by atoms with Crippen LogP contribution in [0, 0.1) is 0 Å². The van der Waals surface area contributed by atoms with Crippen LogP contribution in [0.1, 0.15) is 44.3 Å². The van der Waals surface area contributed by atoms with E-state index in [-0.39, 0.29) is 17.5 Å². The third kappa shape index (κ3) is 3.63. The van der Waals surface area contributed by atoms with E-state index in [1.54, 1.807) is 25.1 Å². The molecular weight excluding hydrogens is 290 g/mol. The van der Waals surface area contributed by atoms with E-state index in [9.17, 15) is 13.5 Å². The molecule has 118 valence electrons. The molecule has 5 nitrogen and oxygen atoms in total. The van der Waals surface area contributed by atoms with E-state index in [0.29, 0.717) is 18.5 Å². The SMILES string of the molecule is CC(O)c1cccc(S(=O)(=O)N(CCCO)C2CCC2)c1. The number of aliphatic hydroxyl groups excluding tert-OH is 2. The molecule has 1 aromatic rings. The van der Waals surface area contributed by atoms with Gasteiger partial charge in [0.15, 0.2) is 0 Å². The van der Waals surface area contributed by atoms with Gasteiger partial charge in [-0.15, -0.1) is 0 Å². The molecule has 0 aliphatic heterocycles. The van der Waals surface area contributed by atoms with E-state index in [1.807, 2.05) is 0 Å². The van der Waals surface area contributed by atoms with Crippen molar-refractivity contribution in [3.8, 4) is 0 Å². The maximum Gasteiger partial charge on any atom is 0.243 e. The van der Waals surface area contributed by atoms with Crippen LogP contribution in [0.15, 0.2) is 29.2 Å². The van der Waals surface area contributed by atoms with Gasteiger partial charge in [-0.05, 0) is 43.9 Å². The Morgan fingerprint density at radius 2 is 2.10 bits per heavy atom. The summed E-state index contributed by atoms with van der Waals surface area (Å²) in [6.45, 7) is 1.93. The molecule has 0 aromatic heterocycles. The molecule has 1 unspecified atom stereocenters. The number of rotatable bonds is 7. The van der Waals surface area contributed by atoms with E-state index in [0.717, 1.165) is 19.3 Å². The average Bonchev–Trinajstić information content (AvgIpc) is 2.41. The van der Waals surface area contributed by atoms with Gasteiger partial charge in [0.2, 0.25) is 10.0 Å². The van der Waals surface area contributed by atoms with Crippen LogP contribution in [0.2, 0.25) is 0 Å². The van der Waals surface area contributed by atoms with E-state index >= 15 is 0 Å². The Kier molecular flexibility index (Phi) is 5.37. The molecule has 0 amide bonds. The smallest absolute Gasteiger partial charge is 0.243 e. The Morgan fingerprint density at radius 1 is 1.38 bits per heavy atom. The lowest BCUT2D eigenvalue weighted by atomic mass is 9.93. The summed E-state index contributed by atoms with van der Waals surface area (Å²) in [6.07, 6.45) is 2.53. The van der Waals surface area contributed by atoms with E-state index in [4.69, 9.17) is 5.11 Å². The Bertz CT molecular complexity index is 567. The summed E-state index contributed by atoms with van der Waals surface area (Å²) >= 11 is 0. The summed E-state index contributed by atoms with van der Waals surface area (Å²) in [4.78, 5) is 0.214. The minimum atomic E-state index is -3.58. The molecule has 0 bridgehead atoms. The lowest BCUT2D eigenvalue weighted by molar-refractivity contribution is 0.197. The monoisotopic (exact) mass is 313 g/mol. The van der Waals surface area contributed by atoms with Gasteiger partial charge >= 0.3 is 0 Å². The third-order valence-electron chi connectivity index (χ3n) is 3.97. The Morgan fingerprint density at radius 3 is 2.62 bits per heavy atom. The van der Waals surface area contributed by atoms with Gasteiger partial charge in [-0.3, -0.25) is 0 Å². The van der Waals surface area contributed by atoms with Crippen LogP contribution in [0.5, 0.6) is 0 Å². The quantitative estimate of drug-likeness (QED) is 0.802. The second kappa shape index (κ2) is 6.87. The first-order valence-corrected chi connectivity index (χ1v) is 8.81. The van der Waals surface area contributed by atoms with E-state index in [1.165, 1.54) is 10.4 Å². The highest BCUT2D eigenvalue weighted by Gasteiger charge is 2.34. The fourth-order valence-electron chi connectivity index (χ4n) is 2.47. The number of sulfonamides is 1. The largest absolute Gasteiger partial charge is 0.396 e. The van der Waals surface area contributed by atoms with Gasteiger partial charge in [0, 0.05) is 19.2 Å². The summed E-state index contributed by atoms with van der Waals surface area (Å²) in [5, 5.41) is 18.6. The number of aliphatic hydroxyl groups is 2. The lowest BCUT2D eigenvalue weighted by Gasteiger charge is -2.36. The molecule has 2 rings (SSSR count). The van der Waals surface area contributed by atoms with Crippen LogP contribution in [-0.2, 0) is 10.0 Å². The highest BCUT2D eigenvalue weighted by Crippen LogP contribution is 2.30. The fraction of sp³-hybridized carbons (Fsp3) is 0.600. The predicted molar refractivity (Wildman–Crippen MR) is 80.3 cm³/mol. The number of benzene rings is 1. The van der Waals surface area contributed by atoms with Gasteiger partial charge in [0.1, 0.15) is 0 Å². The molecular formula is C15H23NO4S. The summed E-state index contributed by atoms with van der Waals surface area (Å²) < 4.78 is 27.1. The summed E-state index contributed by atoms with van der Waals surface area (Å²) in [7, 11) is -3.58. The molecule has 2 N–H and O–H groups in total. The Labute approximate surface area is 126 Å². The summed E-state index contributed by atoms with van der Waals surface area (Å²) in [6, 6.07) is 6.50. The normalized spacial score (nSPS) is 17.7. The Balaban J connectivity index is 2.30. The van der Waals surface area contributed by atoms with Crippen LogP contribution >= 0.6 is 0 Å². The standard InChI is InChI=1S/C15H23NO4S/c1-12(18)13-5-2-8-15(11-13)21(19,20)16(9-4-10-17)14-6-3-7-14/h2,5,8,11-12,14,17-18H,3-4,6-7,9-10H2,1H3. The van der Waals surface area contributed by atoms with Crippen molar-refractivity contribution >= 4 is 10.0 Å².